The van der Waals surface area contributed by atoms with Crippen LogP contribution in [-0.4, -0.2) is 17.3 Å². The summed E-state index contributed by atoms with van der Waals surface area (Å²) in [5.74, 6) is -0.869. The molecule has 1 aromatic heterocycles. The van der Waals surface area contributed by atoms with E-state index in [1.165, 1.54) is 6.07 Å². The topological polar surface area (TPSA) is 64.4 Å². The number of halogens is 3. The third kappa shape index (κ3) is 3.60. The van der Waals surface area contributed by atoms with E-state index in [-0.39, 0.29) is 11.6 Å². The number of nitrogens with zero attached hydrogens (tertiary/aromatic N) is 1. The zero-order valence-electron chi connectivity index (χ0n) is 11.4. The molecule has 118 valence electrons. The number of carbonyl (C=O) groups excluding carboxylic acids is 1. The number of rotatable bonds is 3. The molecule has 5 nitrogen and oxygen atoms in total. The van der Waals surface area contributed by atoms with E-state index in [1.54, 1.807) is 30.3 Å². The summed E-state index contributed by atoms with van der Waals surface area (Å²) in [5, 5.41) is 2.44. The molecule has 0 aliphatic rings. The lowest BCUT2D eigenvalue weighted by Crippen LogP contribution is -2.16. The molecule has 2 aromatic carbocycles. The molecule has 0 saturated carbocycles. The molecule has 8 heteroatoms. The van der Waals surface area contributed by atoms with E-state index in [2.05, 4.69) is 15.0 Å². The van der Waals surface area contributed by atoms with Gasteiger partial charge in [-0.1, -0.05) is 18.2 Å². The van der Waals surface area contributed by atoms with Crippen molar-refractivity contribution in [2.24, 2.45) is 0 Å². The molecule has 1 heterocycles. The number of amides is 1. The van der Waals surface area contributed by atoms with Gasteiger partial charge >= 0.3 is 12.4 Å². The number of alkyl halides is 3. The summed E-state index contributed by atoms with van der Waals surface area (Å²) in [5.41, 5.74) is 0.758. The number of hydrogen-bond donors (Lipinski definition) is 1. The van der Waals surface area contributed by atoms with Gasteiger partial charge in [-0.05, 0) is 24.3 Å². The fraction of sp³-hybridized carbons (Fsp3) is 0.0667. The molecule has 0 saturated heterocycles. The summed E-state index contributed by atoms with van der Waals surface area (Å²) in [6.07, 6.45) is -4.79. The van der Waals surface area contributed by atoms with E-state index in [9.17, 15) is 18.0 Å². The molecule has 23 heavy (non-hydrogen) atoms. The van der Waals surface area contributed by atoms with Gasteiger partial charge in [0.2, 0.25) is 0 Å². The van der Waals surface area contributed by atoms with Crippen LogP contribution in [0, 0.1) is 0 Å². The minimum atomic E-state index is -4.79. The monoisotopic (exact) mass is 322 g/mol. The Labute approximate surface area is 127 Å². The lowest BCUT2D eigenvalue weighted by Gasteiger charge is -2.07. The molecule has 1 amide bonds. The highest BCUT2D eigenvalue weighted by Gasteiger charge is 2.31. The standard InChI is InChI=1S/C15H9F3N2O3/c16-15(17,18)23-10-6-7-11-12(8-10)22-14(19-11)20-13(21)9-4-2-1-3-5-9/h1-8H,(H,19,20,21). The highest BCUT2D eigenvalue weighted by molar-refractivity contribution is 6.03. The average Bonchev–Trinajstić information content (AvgIpc) is 2.88. The van der Waals surface area contributed by atoms with Crippen molar-refractivity contribution in [2.75, 3.05) is 5.32 Å². The highest BCUT2D eigenvalue weighted by atomic mass is 19.4. The van der Waals surface area contributed by atoms with Crippen molar-refractivity contribution in [3.63, 3.8) is 0 Å². The summed E-state index contributed by atoms with van der Waals surface area (Å²) in [7, 11) is 0. The van der Waals surface area contributed by atoms with Crippen LogP contribution in [0.3, 0.4) is 0 Å². The Morgan fingerprint density at radius 2 is 1.87 bits per heavy atom. The zero-order valence-corrected chi connectivity index (χ0v) is 11.4. The second-order valence-corrected chi connectivity index (χ2v) is 4.52. The molecule has 3 rings (SSSR count). The first-order valence-corrected chi connectivity index (χ1v) is 6.43. The Morgan fingerprint density at radius 1 is 1.13 bits per heavy atom. The smallest absolute Gasteiger partial charge is 0.423 e. The van der Waals surface area contributed by atoms with Gasteiger partial charge in [-0.25, -0.2) is 0 Å². The third-order valence-corrected chi connectivity index (χ3v) is 2.85. The van der Waals surface area contributed by atoms with Gasteiger partial charge in [0, 0.05) is 11.6 Å². The predicted molar refractivity (Wildman–Crippen MR) is 75.1 cm³/mol. The minimum absolute atomic E-state index is 0.0649. The van der Waals surface area contributed by atoms with E-state index in [4.69, 9.17) is 4.42 Å². The van der Waals surface area contributed by atoms with Crippen molar-refractivity contribution in [3.8, 4) is 5.75 Å². The molecule has 0 aliphatic heterocycles. The van der Waals surface area contributed by atoms with Crippen molar-refractivity contribution < 1.29 is 27.1 Å². The van der Waals surface area contributed by atoms with Gasteiger partial charge in [0.1, 0.15) is 11.3 Å². The number of ether oxygens (including phenoxy) is 1. The molecule has 0 radical (unpaired) electrons. The van der Waals surface area contributed by atoms with E-state index < -0.39 is 18.0 Å². The fourth-order valence-corrected chi connectivity index (χ4v) is 1.91. The molecule has 1 N–H and O–H groups in total. The van der Waals surface area contributed by atoms with Crippen LogP contribution >= 0.6 is 0 Å². The number of oxazole rings is 1. The van der Waals surface area contributed by atoms with Crippen LogP contribution in [0.1, 0.15) is 10.4 Å². The van der Waals surface area contributed by atoms with Gasteiger partial charge in [-0.15, -0.1) is 13.2 Å². The van der Waals surface area contributed by atoms with Crippen LogP contribution < -0.4 is 10.1 Å². The van der Waals surface area contributed by atoms with Crippen molar-refractivity contribution in [1.82, 2.24) is 4.98 Å². The summed E-state index contributed by atoms with van der Waals surface area (Å²) in [6.45, 7) is 0. The molecule has 0 atom stereocenters. The third-order valence-electron chi connectivity index (χ3n) is 2.85. The number of fused-ring (bicyclic) bond motifs is 1. The minimum Gasteiger partial charge on any atom is -0.423 e. The lowest BCUT2D eigenvalue weighted by molar-refractivity contribution is -0.274. The van der Waals surface area contributed by atoms with Crippen molar-refractivity contribution in [2.45, 2.75) is 6.36 Å². The fourth-order valence-electron chi connectivity index (χ4n) is 1.91. The number of benzene rings is 2. The summed E-state index contributed by atoms with van der Waals surface area (Å²) in [6, 6.07) is 11.7. The summed E-state index contributed by atoms with van der Waals surface area (Å²) >= 11 is 0. The highest BCUT2D eigenvalue weighted by Crippen LogP contribution is 2.28. The molecular weight excluding hydrogens is 313 g/mol. The first-order chi connectivity index (χ1) is 10.9. The number of nitrogens with one attached hydrogen (secondary N) is 1. The van der Waals surface area contributed by atoms with Crippen molar-refractivity contribution >= 4 is 23.0 Å². The van der Waals surface area contributed by atoms with Gasteiger partial charge in [-0.2, -0.15) is 4.98 Å². The Balaban J connectivity index is 1.81. The van der Waals surface area contributed by atoms with Crippen LogP contribution in [0.25, 0.3) is 11.1 Å². The summed E-state index contributed by atoms with van der Waals surface area (Å²) in [4.78, 5) is 15.9. The quantitative estimate of drug-likeness (QED) is 0.792. The van der Waals surface area contributed by atoms with E-state index >= 15 is 0 Å². The molecule has 3 aromatic rings. The molecule has 0 bridgehead atoms. The lowest BCUT2D eigenvalue weighted by atomic mass is 10.2. The van der Waals surface area contributed by atoms with Gasteiger partial charge in [0.15, 0.2) is 5.58 Å². The first-order valence-electron chi connectivity index (χ1n) is 6.43. The number of anilines is 1. The molecule has 0 unspecified atom stereocenters. The van der Waals surface area contributed by atoms with E-state index in [1.807, 2.05) is 0 Å². The average molecular weight is 322 g/mol. The molecule has 0 spiro atoms. The van der Waals surface area contributed by atoms with E-state index in [0.29, 0.717) is 11.1 Å². The number of hydrogen-bond acceptors (Lipinski definition) is 4. The van der Waals surface area contributed by atoms with Crippen LogP contribution in [0.2, 0.25) is 0 Å². The maximum absolute atomic E-state index is 12.2. The van der Waals surface area contributed by atoms with Crippen molar-refractivity contribution in [1.29, 1.82) is 0 Å². The van der Waals surface area contributed by atoms with Gasteiger partial charge in [0.05, 0.1) is 0 Å². The van der Waals surface area contributed by atoms with Crippen molar-refractivity contribution in [3.05, 3.63) is 54.1 Å². The Hall–Kier alpha value is -3.03. The summed E-state index contributed by atoms with van der Waals surface area (Å²) < 4.78 is 45.6. The number of aromatic nitrogens is 1. The Morgan fingerprint density at radius 3 is 2.57 bits per heavy atom. The molecule has 0 fully saturated rings. The zero-order chi connectivity index (χ0) is 16.4. The normalized spacial score (nSPS) is 11.4. The largest absolute Gasteiger partial charge is 0.573 e. The van der Waals surface area contributed by atoms with E-state index in [0.717, 1.165) is 12.1 Å². The molecular formula is C15H9F3N2O3. The predicted octanol–water partition coefficient (Wildman–Crippen LogP) is 3.98. The SMILES string of the molecule is O=C(Nc1nc2ccc(OC(F)(F)F)cc2o1)c1ccccc1. The van der Waals surface area contributed by atoms with Crippen LogP contribution in [-0.2, 0) is 0 Å². The Kier molecular flexibility index (Phi) is 3.65. The molecule has 0 aliphatic carbocycles. The second kappa shape index (κ2) is 5.64. The maximum Gasteiger partial charge on any atom is 0.573 e. The van der Waals surface area contributed by atoms with Crippen LogP contribution in [0.4, 0.5) is 19.2 Å². The van der Waals surface area contributed by atoms with Crippen LogP contribution in [0.15, 0.2) is 52.9 Å². The Bertz CT molecular complexity index is 844. The first kappa shape index (κ1) is 14.9. The second-order valence-electron chi connectivity index (χ2n) is 4.52. The number of carbonyl (C=O) groups is 1. The van der Waals surface area contributed by atoms with Gasteiger partial charge < -0.3 is 9.15 Å². The van der Waals surface area contributed by atoms with Gasteiger partial charge in [-0.3, -0.25) is 10.1 Å². The van der Waals surface area contributed by atoms with Gasteiger partial charge in [0.25, 0.3) is 5.91 Å². The van der Waals surface area contributed by atoms with Crippen LogP contribution in [0.5, 0.6) is 5.75 Å². The maximum atomic E-state index is 12.2.